The van der Waals surface area contributed by atoms with Crippen molar-refractivity contribution in [2.75, 3.05) is 26.2 Å². The largest absolute Gasteiger partial charge is 0.314 e. The van der Waals surface area contributed by atoms with Crippen molar-refractivity contribution >= 4 is 0 Å². The molecular formula is C14H28N2. The lowest BCUT2D eigenvalue weighted by atomic mass is 10.1. The number of nitrogens with zero attached hydrogens (tertiary/aromatic N) is 1. The van der Waals surface area contributed by atoms with E-state index in [1.54, 1.807) is 0 Å². The van der Waals surface area contributed by atoms with Crippen LogP contribution in [0.2, 0.25) is 0 Å². The average Bonchev–Trinajstić information content (AvgIpc) is 3.10. The first-order valence-corrected chi connectivity index (χ1v) is 7.30. The third kappa shape index (κ3) is 4.84. The summed E-state index contributed by atoms with van der Waals surface area (Å²) in [5.41, 5.74) is 0. The molecule has 1 saturated carbocycles. The molecule has 1 aliphatic heterocycles. The van der Waals surface area contributed by atoms with Crippen molar-refractivity contribution in [1.29, 1.82) is 0 Å². The molecule has 0 radical (unpaired) electrons. The molecule has 0 amide bonds. The van der Waals surface area contributed by atoms with Crippen LogP contribution >= 0.6 is 0 Å². The minimum absolute atomic E-state index is 0.744. The second-order valence-electron chi connectivity index (χ2n) is 5.79. The molecule has 16 heavy (non-hydrogen) atoms. The average molecular weight is 224 g/mol. The van der Waals surface area contributed by atoms with Crippen LogP contribution in [0.4, 0.5) is 0 Å². The number of nitrogens with one attached hydrogen (secondary N) is 1. The van der Waals surface area contributed by atoms with Crippen molar-refractivity contribution in [3.05, 3.63) is 0 Å². The van der Waals surface area contributed by atoms with E-state index in [1.165, 1.54) is 71.1 Å². The lowest BCUT2D eigenvalue weighted by Gasteiger charge is -2.26. The van der Waals surface area contributed by atoms with Crippen molar-refractivity contribution in [3.8, 4) is 0 Å². The van der Waals surface area contributed by atoms with Gasteiger partial charge >= 0.3 is 0 Å². The van der Waals surface area contributed by atoms with Crippen LogP contribution in [0.1, 0.15) is 51.9 Å². The van der Waals surface area contributed by atoms with E-state index in [1.807, 2.05) is 0 Å². The molecule has 2 nitrogen and oxygen atoms in total. The molecule has 1 atom stereocenters. The molecule has 0 spiro atoms. The Morgan fingerprint density at radius 1 is 1.19 bits per heavy atom. The molecule has 0 aromatic carbocycles. The zero-order valence-corrected chi connectivity index (χ0v) is 10.9. The SMILES string of the molecule is CC(CC1CC1)NCCCN1CCCCC1. The molecule has 0 bridgehead atoms. The third-order valence-electron chi connectivity index (χ3n) is 3.98. The molecule has 1 unspecified atom stereocenters. The highest BCUT2D eigenvalue weighted by Gasteiger charge is 2.23. The minimum atomic E-state index is 0.744. The lowest BCUT2D eigenvalue weighted by Crippen LogP contribution is -2.34. The molecule has 0 aromatic rings. The molecule has 94 valence electrons. The van der Waals surface area contributed by atoms with Crippen LogP contribution in [0.25, 0.3) is 0 Å². The molecule has 0 aromatic heterocycles. The minimum Gasteiger partial charge on any atom is -0.314 e. The summed E-state index contributed by atoms with van der Waals surface area (Å²) in [7, 11) is 0. The Kier molecular flexibility index (Phi) is 5.11. The fraction of sp³-hybridized carbons (Fsp3) is 1.00. The van der Waals surface area contributed by atoms with Gasteiger partial charge in [-0.05, 0) is 64.7 Å². The van der Waals surface area contributed by atoms with Crippen LogP contribution in [0.15, 0.2) is 0 Å². The number of piperidine rings is 1. The number of hydrogen-bond acceptors (Lipinski definition) is 2. The molecule has 1 N–H and O–H groups in total. The van der Waals surface area contributed by atoms with E-state index >= 15 is 0 Å². The Labute approximate surface area is 101 Å². The van der Waals surface area contributed by atoms with Crippen LogP contribution in [0, 0.1) is 5.92 Å². The molecule has 1 heterocycles. The summed E-state index contributed by atoms with van der Waals surface area (Å²) in [4.78, 5) is 2.64. The van der Waals surface area contributed by atoms with Crippen LogP contribution in [0.5, 0.6) is 0 Å². The maximum Gasteiger partial charge on any atom is 0.00413 e. The molecular weight excluding hydrogens is 196 g/mol. The predicted octanol–water partition coefficient (Wildman–Crippen LogP) is 2.64. The molecule has 1 aliphatic carbocycles. The van der Waals surface area contributed by atoms with Gasteiger partial charge in [-0.2, -0.15) is 0 Å². The van der Waals surface area contributed by atoms with Gasteiger partial charge < -0.3 is 10.2 Å². The summed E-state index contributed by atoms with van der Waals surface area (Å²) in [6, 6.07) is 0.744. The Morgan fingerprint density at radius 3 is 2.62 bits per heavy atom. The van der Waals surface area contributed by atoms with Gasteiger partial charge in [0.1, 0.15) is 0 Å². The Morgan fingerprint density at radius 2 is 1.94 bits per heavy atom. The van der Waals surface area contributed by atoms with Crippen molar-refractivity contribution in [3.63, 3.8) is 0 Å². The Bertz CT molecular complexity index is 183. The van der Waals surface area contributed by atoms with Crippen LogP contribution in [0.3, 0.4) is 0 Å². The third-order valence-corrected chi connectivity index (χ3v) is 3.98. The van der Waals surface area contributed by atoms with E-state index in [0.717, 1.165) is 12.0 Å². The second-order valence-corrected chi connectivity index (χ2v) is 5.79. The monoisotopic (exact) mass is 224 g/mol. The van der Waals surface area contributed by atoms with Crippen LogP contribution in [-0.4, -0.2) is 37.1 Å². The quantitative estimate of drug-likeness (QED) is 0.669. The van der Waals surface area contributed by atoms with Crippen molar-refractivity contribution in [2.24, 2.45) is 5.92 Å². The zero-order valence-electron chi connectivity index (χ0n) is 10.9. The van der Waals surface area contributed by atoms with Gasteiger partial charge in [0, 0.05) is 6.04 Å². The van der Waals surface area contributed by atoms with Crippen molar-refractivity contribution < 1.29 is 0 Å². The highest BCUT2D eigenvalue weighted by molar-refractivity contribution is 4.78. The van der Waals surface area contributed by atoms with Gasteiger partial charge in [-0.1, -0.05) is 19.3 Å². The van der Waals surface area contributed by atoms with E-state index in [0.29, 0.717) is 0 Å². The van der Waals surface area contributed by atoms with Crippen molar-refractivity contribution in [2.45, 2.75) is 57.9 Å². The van der Waals surface area contributed by atoms with Gasteiger partial charge in [-0.3, -0.25) is 0 Å². The summed E-state index contributed by atoms with van der Waals surface area (Å²) >= 11 is 0. The molecule has 1 saturated heterocycles. The van der Waals surface area contributed by atoms with Crippen LogP contribution < -0.4 is 5.32 Å². The fourth-order valence-electron chi connectivity index (χ4n) is 2.77. The summed E-state index contributed by atoms with van der Waals surface area (Å²) in [6.07, 6.45) is 10.0. The first kappa shape index (κ1) is 12.4. The summed E-state index contributed by atoms with van der Waals surface area (Å²) in [5.74, 6) is 1.06. The van der Waals surface area contributed by atoms with Crippen LogP contribution in [-0.2, 0) is 0 Å². The zero-order chi connectivity index (χ0) is 11.2. The Balaban J connectivity index is 1.44. The summed E-state index contributed by atoms with van der Waals surface area (Å²) in [6.45, 7) is 7.56. The molecule has 2 heteroatoms. The fourth-order valence-corrected chi connectivity index (χ4v) is 2.77. The first-order valence-electron chi connectivity index (χ1n) is 7.30. The highest BCUT2D eigenvalue weighted by atomic mass is 15.1. The number of rotatable bonds is 7. The van der Waals surface area contributed by atoms with E-state index in [9.17, 15) is 0 Å². The number of hydrogen-bond donors (Lipinski definition) is 1. The second kappa shape index (κ2) is 6.61. The van der Waals surface area contributed by atoms with Gasteiger partial charge in [0.2, 0.25) is 0 Å². The summed E-state index contributed by atoms with van der Waals surface area (Å²) < 4.78 is 0. The van der Waals surface area contributed by atoms with E-state index in [4.69, 9.17) is 0 Å². The van der Waals surface area contributed by atoms with Crippen molar-refractivity contribution in [1.82, 2.24) is 10.2 Å². The first-order chi connectivity index (χ1) is 7.84. The molecule has 2 rings (SSSR count). The smallest absolute Gasteiger partial charge is 0.00413 e. The predicted molar refractivity (Wildman–Crippen MR) is 69.7 cm³/mol. The standard InChI is InChI=1S/C14H28N2/c1-13(12-14-6-7-14)15-8-5-11-16-9-3-2-4-10-16/h13-15H,2-12H2,1H3. The summed E-state index contributed by atoms with van der Waals surface area (Å²) in [5, 5.41) is 3.67. The van der Waals surface area contributed by atoms with Gasteiger partial charge in [0.05, 0.1) is 0 Å². The Hall–Kier alpha value is -0.0800. The van der Waals surface area contributed by atoms with Gasteiger partial charge in [0.25, 0.3) is 0 Å². The molecule has 2 aliphatic rings. The number of likely N-dealkylation sites (tertiary alicyclic amines) is 1. The maximum atomic E-state index is 3.67. The van der Waals surface area contributed by atoms with E-state index in [-0.39, 0.29) is 0 Å². The highest BCUT2D eigenvalue weighted by Crippen LogP contribution is 2.33. The molecule has 2 fully saturated rings. The van der Waals surface area contributed by atoms with Gasteiger partial charge in [-0.25, -0.2) is 0 Å². The van der Waals surface area contributed by atoms with E-state index < -0.39 is 0 Å². The lowest BCUT2D eigenvalue weighted by molar-refractivity contribution is 0.224. The maximum absolute atomic E-state index is 3.67. The normalized spacial score (nSPS) is 24.6. The van der Waals surface area contributed by atoms with Gasteiger partial charge in [0.15, 0.2) is 0 Å². The topological polar surface area (TPSA) is 15.3 Å². The van der Waals surface area contributed by atoms with E-state index in [2.05, 4.69) is 17.1 Å². The van der Waals surface area contributed by atoms with Gasteiger partial charge in [-0.15, -0.1) is 0 Å².